The average molecular weight is 258 g/mol. The van der Waals surface area contributed by atoms with Gasteiger partial charge in [0, 0.05) is 6.04 Å². The van der Waals surface area contributed by atoms with E-state index < -0.39 is 0 Å². The highest BCUT2D eigenvalue weighted by Crippen LogP contribution is 2.18. The summed E-state index contributed by atoms with van der Waals surface area (Å²) >= 11 is 5.66. The summed E-state index contributed by atoms with van der Waals surface area (Å²) in [6.07, 6.45) is 1.90. The van der Waals surface area contributed by atoms with Crippen LogP contribution in [0.15, 0.2) is 18.2 Å². The molecular formula is C14H21ClFN. The van der Waals surface area contributed by atoms with Gasteiger partial charge in [-0.2, -0.15) is 0 Å². The Labute approximate surface area is 108 Å². The molecule has 0 saturated carbocycles. The highest BCUT2D eigenvalue weighted by Gasteiger charge is 2.12. The monoisotopic (exact) mass is 257 g/mol. The maximum Gasteiger partial charge on any atom is 0.142 e. The maximum atomic E-state index is 13.3. The van der Waals surface area contributed by atoms with Gasteiger partial charge in [0.25, 0.3) is 0 Å². The van der Waals surface area contributed by atoms with Gasteiger partial charge in [0.05, 0.1) is 5.02 Å². The molecule has 1 nitrogen and oxygen atoms in total. The predicted octanol–water partition coefficient (Wildman–Crippen LogP) is 4.05. The third-order valence-corrected chi connectivity index (χ3v) is 3.31. The van der Waals surface area contributed by atoms with Crippen molar-refractivity contribution in [3.63, 3.8) is 0 Å². The lowest BCUT2D eigenvalue weighted by atomic mass is 9.96. The molecule has 0 aromatic heterocycles. The Bertz CT molecular complexity index is 352. The second-order valence-corrected chi connectivity index (χ2v) is 5.10. The average Bonchev–Trinajstić information content (AvgIpc) is 2.28. The van der Waals surface area contributed by atoms with Crippen molar-refractivity contribution in [2.45, 2.75) is 39.7 Å². The number of halogens is 2. The third kappa shape index (κ3) is 4.64. The van der Waals surface area contributed by atoms with Crippen LogP contribution in [0, 0.1) is 11.7 Å². The molecule has 1 N–H and O–H groups in total. The fourth-order valence-electron chi connectivity index (χ4n) is 1.95. The Kier molecular flexibility index (Phi) is 5.93. The van der Waals surface area contributed by atoms with Crippen LogP contribution in [0.1, 0.15) is 32.8 Å². The van der Waals surface area contributed by atoms with E-state index in [2.05, 4.69) is 26.1 Å². The molecule has 3 heteroatoms. The van der Waals surface area contributed by atoms with Gasteiger partial charge < -0.3 is 5.32 Å². The van der Waals surface area contributed by atoms with Crippen LogP contribution in [0.2, 0.25) is 5.02 Å². The number of benzene rings is 1. The van der Waals surface area contributed by atoms with Crippen molar-refractivity contribution in [3.8, 4) is 0 Å². The lowest BCUT2D eigenvalue weighted by molar-refractivity contribution is 0.385. The summed E-state index contributed by atoms with van der Waals surface area (Å²) in [6.45, 7) is 7.49. The number of hydrogen-bond donors (Lipinski definition) is 1. The minimum absolute atomic E-state index is 0.195. The molecule has 0 bridgehead atoms. The molecule has 0 fully saturated rings. The SMILES string of the molecule is CCNC(CCc1ccc(Cl)c(F)c1)C(C)C. The van der Waals surface area contributed by atoms with E-state index in [1.165, 1.54) is 6.07 Å². The molecule has 96 valence electrons. The number of nitrogens with one attached hydrogen (secondary N) is 1. The van der Waals surface area contributed by atoms with Gasteiger partial charge in [-0.3, -0.25) is 0 Å². The van der Waals surface area contributed by atoms with Gasteiger partial charge in [-0.05, 0) is 43.0 Å². The molecule has 0 aliphatic heterocycles. The summed E-state index contributed by atoms with van der Waals surface area (Å²) in [5, 5.41) is 3.65. The summed E-state index contributed by atoms with van der Waals surface area (Å²) < 4.78 is 13.3. The first kappa shape index (κ1) is 14.5. The van der Waals surface area contributed by atoms with Gasteiger partial charge in [-0.25, -0.2) is 4.39 Å². The quantitative estimate of drug-likeness (QED) is 0.811. The van der Waals surface area contributed by atoms with E-state index in [-0.39, 0.29) is 10.8 Å². The van der Waals surface area contributed by atoms with Gasteiger partial charge in [0.2, 0.25) is 0 Å². The van der Waals surface area contributed by atoms with Crippen LogP contribution >= 0.6 is 11.6 Å². The van der Waals surface area contributed by atoms with Crippen LogP contribution < -0.4 is 5.32 Å². The van der Waals surface area contributed by atoms with Crippen molar-refractivity contribution in [2.75, 3.05) is 6.54 Å². The number of hydrogen-bond acceptors (Lipinski definition) is 1. The Morgan fingerprint density at radius 1 is 1.35 bits per heavy atom. The van der Waals surface area contributed by atoms with Crippen molar-refractivity contribution in [3.05, 3.63) is 34.6 Å². The highest BCUT2D eigenvalue weighted by atomic mass is 35.5. The Balaban J connectivity index is 2.56. The van der Waals surface area contributed by atoms with Crippen LogP contribution in [0.5, 0.6) is 0 Å². The fraction of sp³-hybridized carbons (Fsp3) is 0.571. The topological polar surface area (TPSA) is 12.0 Å². The smallest absolute Gasteiger partial charge is 0.142 e. The minimum atomic E-state index is -0.325. The molecule has 1 unspecified atom stereocenters. The first-order chi connectivity index (χ1) is 8.04. The lowest BCUT2D eigenvalue weighted by Gasteiger charge is -2.21. The molecular weight excluding hydrogens is 237 g/mol. The summed E-state index contributed by atoms with van der Waals surface area (Å²) in [6, 6.07) is 5.54. The first-order valence-electron chi connectivity index (χ1n) is 6.22. The van der Waals surface area contributed by atoms with Gasteiger partial charge >= 0.3 is 0 Å². The van der Waals surface area contributed by atoms with Gasteiger partial charge in [-0.15, -0.1) is 0 Å². The second kappa shape index (κ2) is 6.97. The Morgan fingerprint density at radius 2 is 2.06 bits per heavy atom. The van der Waals surface area contributed by atoms with Crippen molar-refractivity contribution >= 4 is 11.6 Å². The molecule has 1 atom stereocenters. The predicted molar refractivity (Wildman–Crippen MR) is 72.0 cm³/mol. The van der Waals surface area contributed by atoms with Gasteiger partial charge in [0.15, 0.2) is 0 Å². The van der Waals surface area contributed by atoms with E-state index in [1.807, 2.05) is 6.07 Å². The molecule has 1 rings (SSSR count). The molecule has 0 heterocycles. The molecule has 0 radical (unpaired) electrons. The standard InChI is InChI=1S/C14H21ClFN/c1-4-17-14(10(2)3)8-6-11-5-7-12(15)13(16)9-11/h5,7,9-10,14,17H,4,6,8H2,1-3H3. The van der Waals surface area contributed by atoms with Crippen LogP contribution in [0.3, 0.4) is 0 Å². The molecule has 17 heavy (non-hydrogen) atoms. The molecule has 0 aliphatic rings. The van der Waals surface area contributed by atoms with E-state index in [1.54, 1.807) is 6.07 Å². The number of rotatable bonds is 6. The van der Waals surface area contributed by atoms with Gasteiger partial charge in [0.1, 0.15) is 5.82 Å². The summed E-state index contributed by atoms with van der Waals surface area (Å²) in [7, 11) is 0. The van der Waals surface area contributed by atoms with Crippen molar-refractivity contribution < 1.29 is 4.39 Å². The van der Waals surface area contributed by atoms with Crippen molar-refractivity contribution in [1.29, 1.82) is 0 Å². The molecule has 0 aliphatic carbocycles. The van der Waals surface area contributed by atoms with Crippen LogP contribution in [-0.4, -0.2) is 12.6 Å². The fourth-order valence-corrected chi connectivity index (χ4v) is 2.07. The Hall–Kier alpha value is -0.600. The van der Waals surface area contributed by atoms with Crippen molar-refractivity contribution in [2.24, 2.45) is 5.92 Å². The van der Waals surface area contributed by atoms with Crippen LogP contribution in [0.4, 0.5) is 4.39 Å². The van der Waals surface area contributed by atoms with E-state index >= 15 is 0 Å². The minimum Gasteiger partial charge on any atom is -0.314 e. The normalized spacial score (nSPS) is 13.1. The molecule has 1 aromatic carbocycles. The van der Waals surface area contributed by atoms with Crippen LogP contribution in [0.25, 0.3) is 0 Å². The maximum absolute atomic E-state index is 13.3. The van der Waals surface area contributed by atoms with E-state index in [9.17, 15) is 4.39 Å². The van der Waals surface area contributed by atoms with Crippen LogP contribution in [-0.2, 0) is 6.42 Å². The third-order valence-electron chi connectivity index (χ3n) is 3.00. The zero-order valence-electron chi connectivity index (χ0n) is 10.8. The zero-order chi connectivity index (χ0) is 12.8. The molecule has 0 spiro atoms. The highest BCUT2D eigenvalue weighted by molar-refractivity contribution is 6.30. The Morgan fingerprint density at radius 3 is 2.59 bits per heavy atom. The van der Waals surface area contributed by atoms with E-state index in [4.69, 9.17) is 11.6 Å². The largest absolute Gasteiger partial charge is 0.314 e. The first-order valence-corrected chi connectivity index (χ1v) is 6.59. The molecule has 0 saturated heterocycles. The van der Waals surface area contributed by atoms with E-state index in [0.717, 1.165) is 24.9 Å². The van der Waals surface area contributed by atoms with Crippen molar-refractivity contribution in [1.82, 2.24) is 5.32 Å². The molecule has 1 aromatic rings. The van der Waals surface area contributed by atoms with Gasteiger partial charge in [-0.1, -0.05) is 38.4 Å². The summed E-state index contributed by atoms with van der Waals surface area (Å²) in [4.78, 5) is 0. The molecule has 0 amide bonds. The lowest BCUT2D eigenvalue weighted by Crippen LogP contribution is -2.34. The van der Waals surface area contributed by atoms with E-state index in [0.29, 0.717) is 12.0 Å². The second-order valence-electron chi connectivity index (χ2n) is 4.70. The summed E-state index contributed by atoms with van der Waals surface area (Å²) in [5.74, 6) is 0.265. The summed E-state index contributed by atoms with van der Waals surface area (Å²) in [5.41, 5.74) is 1.01. The number of aryl methyl sites for hydroxylation is 1. The zero-order valence-corrected chi connectivity index (χ0v) is 11.5.